The predicted octanol–water partition coefficient (Wildman–Crippen LogP) is 3.62. The van der Waals surface area contributed by atoms with Crippen LogP contribution in [0.4, 0.5) is 17.6 Å². The molecule has 6 heteroatoms. The minimum absolute atomic E-state index is 0.274. The molecule has 0 unspecified atom stereocenters. The van der Waals surface area contributed by atoms with Crippen LogP contribution in [0.2, 0.25) is 0 Å². The van der Waals surface area contributed by atoms with Gasteiger partial charge in [-0.1, -0.05) is 0 Å². The van der Waals surface area contributed by atoms with Crippen LogP contribution in [0.15, 0.2) is 16.6 Å². The van der Waals surface area contributed by atoms with Crippen LogP contribution in [0.25, 0.3) is 0 Å². The van der Waals surface area contributed by atoms with Crippen molar-refractivity contribution in [2.45, 2.75) is 6.18 Å². The number of methoxy groups -OCH3 is 1. The van der Waals surface area contributed by atoms with Gasteiger partial charge in [-0.05, 0) is 28.1 Å². The van der Waals surface area contributed by atoms with E-state index in [0.29, 0.717) is 12.1 Å². The van der Waals surface area contributed by atoms with E-state index in [4.69, 9.17) is 0 Å². The van der Waals surface area contributed by atoms with E-state index in [2.05, 4.69) is 20.7 Å². The first kappa shape index (κ1) is 11.3. The number of benzene rings is 1. The van der Waals surface area contributed by atoms with Crippen molar-refractivity contribution in [2.24, 2.45) is 0 Å². The molecule has 0 heterocycles. The molecular formula is C8H5BrF4O. The number of halogens is 5. The van der Waals surface area contributed by atoms with Gasteiger partial charge in [-0.3, -0.25) is 0 Å². The largest absolute Gasteiger partial charge is 0.494 e. The minimum Gasteiger partial charge on any atom is -0.494 e. The van der Waals surface area contributed by atoms with Crippen molar-refractivity contribution in [1.82, 2.24) is 0 Å². The molecule has 0 saturated carbocycles. The zero-order valence-electron chi connectivity index (χ0n) is 6.95. The maximum absolute atomic E-state index is 13.0. The standard InChI is InChI=1S/C8H5BrF4O/c1-14-6-3-4(8(11,12)13)2-5(9)7(6)10/h2-3H,1H3. The third-order valence-corrected chi connectivity index (χ3v) is 2.12. The van der Waals surface area contributed by atoms with Crippen molar-refractivity contribution in [2.75, 3.05) is 7.11 Å². The third kappa shape index (κ3) is 2.17. The van der Waals surface area contributed by atoms with Crippen LogP contribution in [0.1, 0.15) is 5.56 Å². The molecule has 1 nitrogen and oxygen atoms in total. The number of ether oxygens (including phenoxy) is 1. The second-order valence-corrected chi connectivity index (χ2v) is 3.33. The minimum atomic E-state index is -4.51. The van der Waals surface area contributed by atoms with E-state index < -0.39 is 23.3 Å². The topological polar surface area (TPSA) is 9.23 Å². The highest BCUT2D eigenvalue weighted by atomic mass is 79.9. The van der Waals surface area contributed by atoms with Crippen LogP contribution in [0.5, 0.6) is 5.75 Å². The summed E-state index contributed by atoms with van der Waals surface area (Å²) in [5.41, 5.74) is -0.956. The van der Waals surface area contributed by atoms with Crippen LogP contribution >= 0.6 is 15.9 Å². The fraction of sp³-hybridized carbons (Fsp3) is 0.250. The van der Waals surface area contributed by atoms with Crippen LogP contribution in [0.3, 0.4) is 0 Å². The summed E-state index contributed by atoms with van der Waals surface area (Å²) in [5, 5.41) is 0. The Labute approximate surface area is 85.8 Å². The van der Waals surface area contributed by atoms with Gasteiger partial charge in [0, 0.05) is 0 Å². The fourth-order valence-corrected chi connectivity index (χ4v) is 1.32. The van der Waals surface area contributed by atoms with Gasteiger partial charge >= 0.3 is 6.18 Å². The van der Waals surface area contributed by atoms with Crippen LogP contribution in [-0.2, 0) is 6.18 Å². The second kappa shape index (κ2) is 3.76. The van der Waals surface area contributed by atoms with Gasteiger partial charge in [0.1, 0.15) is 0 Å². The summed E-state index contributed by atoms with van der Waals surface area (Å²) in [5.74, 6) is -1.28. The lowest BCUT2D eigenvalue weighted by molar-refractivity contribution is -0.137. The molecule has 1 aromatic rings. The Balaban J connectivity index is 3.30. The molecule has 1 aromatic carbocycles. The Hall–Kier alpha value is -0.780. The Morgan fingerprint density at radius 2 is 1.86 bits per heavy atom. The van der Waals surface area contributed by atoms with Crippen molar-refractivity contribution < 1.29 is 22.3 Å². The summed E-state index contributed by atoms with van der Waals surface area (Å²) in [6.07, 6.45) is -4.51. The van der Waals surface area contributed by atoms with E-state index in [1.54, 1.807) is 0 Å². The Bertz CT molecular complexity index is 348. The highest BCUT2D eigenvalue weighted by Crippen LogP contribution is 2.35. The molecule has 0 bridgehead atoms. The van der Waals surface area contributed by atoms with Crippen LogP contribution in [-0.4, -0.2) is 7.11 Å². The first-order chi connectivity index (χ1) is 6.36. The lowest BCUT2D eigenvalue weighted by atomic mass is 10.2. The molecule has 0 aliphatic carbocycles. The number of rotatable bonds is 1. The monoisotopic (exact) mass is 272 g/mol. The maximum atomic E-state index is 13.0. The molecule has 0 N–H and O–H groups in total. The highest BCUT2D eigenvalue weighted by molar-refractivity contribution is 9.10. The number of hydrogen-bond acceptors (Lipinski definition) is 1. The van der Waals surface area contributed by atoms with E-state index in [9.17, 15) is 17.6 Å². The first-order valence-corrected chi connectivity index (χ1v) is 4.25. The summed E-state index contributed by atoms with van der Waals surface area (Å²) in [4.78, 5) is 0. The molecule has 0 aliphatic rings. The fourth-order valence-electron chi connectivity index (χ4n) is 0.876. The molecule has 0 amide bonds. The van der Waals surface area contributed by atoms with Gasteiger partial charge in [0.15, 0.2) is 11.6 Å². The van der Waals surface area contributed by atoms with E-state index in [1.165, 1.54) is 0 Å². The molecule has 0 aromatic heterocycles. The lowest BCUT2D eigenvalue weighted by Crippen LogP contribution is -2.06. The number of hydrogen-bond donors (Lipinski definition) is 0. The maximum Gasteiger partial charge on any atom is 0.416 e. The molecule has 0 radical (unpaired) electrons. The Kier molecular flexibility index (Phi) is 3.04. The van der Waals surface area contributed by atoms with Crippen LogP contribution < -0.4 is 4.74 Å². The van der Waals surface area contributed by atoms with Crippen LogP contribution in [0, 0.1) is 5.82 Å². The Morgan fingerprint density at radius 1 is 1.29 bits per heavy atom. The van der Waals surface area contributed by atoms with Crippen molar-refractivity contribution >= 4 is 15.9 Å². The van der Waals surface area contributed by atoms with Gasteiger partial charge in [-0.15, -0.1) is 0 Å². The van der Waals surface area contributed by atoms with Gasteiger partial charge in [0.05, 0.1) is 17.1 Å². The normalized spacial score (nSPS) is 11.6. The predicted molar refractivity (Wildman–Crippen MR) is 45.7 cm³/mol. The van der Waals surface area contributed by atoms with Gasteiger partial charge in [0.2, 0.25) is 0 Å². The molecule has 0 fully saturated rings. The smallest absolute Gasteiger partial charge is 0.416 e. The molecule has 0 atom stereocenters. The second-order valence-electron chi connectivity index (χ2n) is 2.47. The van der Waals surface area contributed by atoms with E-state index in [1.807, 2.05) is 0 Å². The van der Waals surface area contributed by atoms with Crippen molar-refractivity contribution in [3.8, 4) is 5.75 Å². The lowest BCUT2D eigenvalue weighted by Gasteiger charge is -2.10. The number of alkyl halides is 3. The highest BCUT2D eigenvalue weighted by Gasteiger charge is 2.32. The van der Waals surface area contributed by atoms with Crippen molar-refractivity contribution in [1.29, 1.82) is 0 Å². The molecule has 0 spiro atoms. The quantitative estimate of drug-likeness (QED) is 0.710. The zero-order chi connectivity index (χ0) is 10.9. The van der Waals surface area contributed by atoms with E-state index >= 15 is 0 Å². The zero-order valence-corrected chi connectivity index (χ0v) is 8.54. The first-order valence-electron chi connectivity index (χ1n) is 3.46. The van der Waals surface area contributed by atoms with Gasteiger partial charge in [-0.2, -0.15) is 13.2 Å². The van der Waals surface area contributed by atoms with E-state index in [0.717, 1.165) is 7.11 Å². The molecule has 0 saturated heterocycles. The summed E-state index contributed by atoms with van der Waals surface area (Å²) in [7, 11) is 1.10. The molecule has 78 valence electrons. The summed E-state index contributed by atoms with van der Waals surface area (Å²) in [6, 6.07) is 1.28. The summed E-state index contributed by atoms with van der Waals surface area (Å²) < 4.78 is 53.9. The molecular weight excluding hydrogens is 268 g/mol. The van der Waals surface area contributed by atoms with Crippen molar-refractivity contribution in [3.63, 3.8) is 0 Å². The average Bonchev–Trinajstić information content (AvgIpc) is 2.07. The molecule has 14 heavy (non-hydrogen) atoms. The van der Waals surface area contributed by atoms with Gasteiger partial charge in [-0.25, -0.2) is 4.39 Å². The summed E-state index contributed by atoms with van der Waals surface area (Å²) >= 11 is 2.68. The Morgan fingerprint density at radius 3 is 2.29 bits per heavy atom. The average molecular weight is 273 g/mol. The van der Waals surface area contributed by atoms with Crippen molar-refractivity contribution in [3.05, 3.63) is 28.0 Å². The van der Waals surface area contributed by atoms with E-state index in [-0.39, 0.29) is 4.47 Å². The molecule has 0 aliphatic heterocycles. The molecule has 1 rings (SSSR count). The SMILES string of the molecule is COc1cc(C(F)(F)F)cc(Br)c1F. The third-order valence-electron chi connectivity index (χ3n) is 1.54. The summed E-state index contributed by atoms with van der Waals surface area (Å²) in [6.45, 7) is 0. The van der Waals surface area contributed by atoms with Gasteiger partial charge in [0.25, 0.3) is 0 Å². The van der Waals surface area contributed by atoms with Gasteiger partial charge < -0.3 is 4.74 Å².